The quantitative estimate of drug-likeness (QED) is 0.507. The zero-order valence-electron chi connectivity index (χ0n) is 14.8. The van der Waals surface area contributed by atoms with Gasteiger partial charge in [-0.3, -0.25) is 4.79 Å². The maximum Gasteiger partial charge on any atom is 0.266 e. The molecule has 1 amide bonds. The Labute approximate surface area is 160 Å². The minimum absolute atomic E-state index is 0.0362. The Hall–Kier alpha value is -3.30. The van der Waals surface area contributed by atoms with Gasteiger partial charge >= 0.3 is 0 Å². The van der Waals surface area contributed by atoms with E-state index in [9.17, 15) is 14.4 Å². The van der Waals surface area contributed by atoms with E-state index >= 15 is 0 Å². The van der Waals surface area contributed by atoms with Crippen LogP contribution in [0.1, 0.15) is 16.8 Å². The molecule has 1 N–H and O–H groups in total. The van der Waals surface area contributed by atoms with Crippen LogP contribution < -0.4 is 5.32 Å². The van der Waals surface area contributed by atoms with E-state index < -0.39 is 5.91 Å². The van der Waals surface area contributed by atoms with Crippen LogP contribution in [0, 0.1) is 31.0 Å². The summed E-state index contributed by atoms with van der Waals surface area (Å²) in [5.74, 6) is -0.800. The number of hydrogen-bond acceptors (Lipinski definition) is 4. The van der Waals surface area contributed by atoms with Gasteiger partial charge in [-0.1, -0.05) is 17.7 Å². The van der Waals surface area contributed by atoms with Crippen LogP contribution >= 0.6 is 11.3 Å². The Balaban J connectivity index is 1.81. The van der Waals surface area contributed by atoms with Crippen molar-refractivity contribution in [2.24, 2.45) is 0 Å². The summed E-state index contributed by atoms with van der Waals surface area (Å²) in [5, 5.41) is 14.6. The summed E-state index contributed by atoms with van der Waals surface area (Å²) in [6.45, 7) is 3.87. The van der Waals surface area contributed by atoms with Crippen molar-refractivity contribution in [2.45, 2.75) is 13.8 Å². The first-order valence-electron chi connectivity index (χ1n) is 8.18. The van der Waals surface area contributed by atoms with E-state index in [0.29, 0.717) is 16.4 Å². The molecule has 0 aliphatic carbocycles. The third-order valence-electron chi connectivity index (χ3n) is 3.90. The molecule has 6 heteroatoms. The molecule has 0 bridgehead atoms. The Bertz CT molecular complexity index is 1060. The lowest BCUT2D eigenvalue weighted by Crippen LogP contribution is -2.14. The summed E-state index contributed by atoms with van der Waals surface area (Å²) >= 11 is 1.36. The van der Waals surface area contributed by atoms with Crippen LogP contribution in [0.15, 0.2) is 53.4 Å². The zero-order chi connectivity index (χ0) is 19.4. The van der Waals surface area contributed by atoms with Crippen molar-refractivity contribution < 1.29 is 9.18 Å². The Morgan fingerprint density at radius 2 is 1.96 bits per heavy atom. The van der Waals surface area contributed by atoms with Gasteiger partial charge in [0.15, 0.2) is 0 Å². The molecule has 0 radical (unpaired) electrons. The normalized spacial score (nSPS) is 11.1. The number of carbonyl (C=O) groups is 1. The molecule has 0 atom stereocenters. The smallest absolute Gasteiger partial charge is 0.266 e. The van der Waals surface area contributed by atoms with Crippen LogP contribution in [-0.4, -0.2) is 10.9 Å². The molecule has 0 unspecified atom stereocenters. The molecule has 0 saturated heterocycles. The summed E-state index contributed by atoms with van der Waals surface area (Å²) in [5.41, 5.74) is 3.93. The van der Waals surface area contributed by atoms with E-state index in [4.69, 9.17) is 0 Å². The predicted octanol–water partition coefficient (Wildman–Crippen LogP) is 5.11. The number of carbonyl (C=O) groups excluding carboxylic acids is 1. The summed E-state index contributed by atoms with van der Waals surface area (Å²) in [4.78, 5) is 16.8. The highest BCUT2D eigenvalue weighted by atomic mass is 32.1. The van der Waals surface area contributed by atoms with E-state index in [1.807, 2.05) is 38.1 Å². The monoisotopic (exact) mass is 377 g/mol. The van der Waals surface area contributed by atoms with Crippen LogP contribution in [0.5, 0.6) is 0 Å². The summed E-state index contributed by atoms with van der Waals surface area (Å²) < 4.78 is 13.0. The number of nitrogens with zero attached hydrogens (tertiary/aromatic N) is 2. The van der Waals surface area contributed by atoms with Crippen LogP contribution in [0.4, 0.5) is 10.1 Å². The molecule has 0 spiro atoms. The fourth-order valence-electron chi connectivity index (χ4n) is 2.52. The standard InChI is InChI=1S/C21H16FN3OS/c1-13-3-8-19(14(2)9-13)25-20(26)16(11-23)10-18-12-27-21(24-18)15-4-6-17(22)7-5-15/h3-10,12H,1-2H3,(H,25,26)/b16-10+. The molecule has 3 aromatic rings. The third-order valence-corrected chi connectivity index (χ3v) is 4.81. The second-order valence-electron chi connectivity index (χ2n) is 6.03. The molecule has 0 fully saturated rings. The van der Waals surface area contributed by atoms with Gasteiger partial charge in [0, 0.05) is 16.6 Å². The lowest BCUT2D eigenvalue weighted by atomic mass is 10.1. The second kappa shape index (κ2) is 7.94. The Kier molecular flexibility index (Phi) is 5.43. The number of hydrogen-bond donors (Lipinski definition) is 1. The lowest BCUT2D eigenvalue weighted by molar-refractivity contribution is -0.112. The van der Waals surface area contributed by atoms with Gasteiger partial charge in [0.25, 0.3) is 5.91 Å². The number of aryl methyl sites for hydroxylation is 2. The van der Waals surface area contributed by atoms with E-state index in [2.05, 4.69) is 10.3 Å². The maximum absolute atomic E-state index is 13.0. The molecular weight excluding hydrogens is 361 g/mol. The van der Waals surface area contributed by atoms with Crippen molar-refractivity contribution in [3.63, 3.8) is 0 Å². The first-order chi connectivity index (χ1) is 13.0. The summed E-state index contributed by atoms with van der Waals surface area (Å²) in [6.07, 6.45) is 1.45. The molecule has 1 aromatic heterocycles. The van der Waals surface area contributed by atoms with E-state index in [1.165, 1.54) is 29.5 Å². The van der Waals surface area contributed by atoms with Crippen molar-refractivity contribution in [2.75, 3.05) is 5.32 Å². The number of halogens is 1. The second-order valence-corrected chi connectivity index (χ2v) is 6.88. The molecule has 2 aromatic carbocycles. The van der Waals surface area contributed by atoms with Gasteiger partial charge in [0.05, 0.1) is 5.69 Å². The average molecular weight is 377 g/mol. The van der Waals surface area contributed by atoms with Crippen molar-refractivity contribution >= 4 is 29.0 Å². The highest BCUT2D eigenvalue weighted by Crippen LogP contribution is 2.25. The number of thiazole rings is 1. The van der Waals surface area contributed by atoms with Gasteiger partial charge in [-0.15, -0.1) is 11.3 Å². The number of nitriles is 1. The fraction of sp³-hybridized carbons (Fsp3) is 0.0952. The molecule has 0 aliphatic rings. The Morgan fingerprint density at radius 3 is 2.63 bits per heavy atom. The molecule has 4 nitrogen and oxygen atoms in total. The topological polar surface area (TPSA) is 65.8 Å². The molecule has 27 heavy (non-hydrogen) atoms. The predicted molar refractivity (Wildman–Crippen MR) is 106 cm³/mol. The van der Waals surface area contributed by atoms with Crippen molar-refractivity contribution in [1.82, 2.24) is 4.98 Å². The number of benzene rings is 2. The van der Waals surface area contributed by atoms with Crippen molar-refractivity contribution in [3.8, 4) is 16.6 Å². The SMILES string of the molecule is Cc1ccc(NC(=O)/C(C#N)=C/c2csc(-c3ccc(F)cc3)n2)c(C)c1. The minimum atomic E-state index is -0.485. The minimum Gasteiger partial charge on any atom is -0.321 e. The maximum atomic E-state index is 13.0. The van der Waals surface area contributed by atoms with Crippen LogP contribution in [0.3, 0.4) is 0 Å². The van der Waals surface area contributed by atoms with Gasteiger partial charge in [-0.2, -0.15) is 5.26 Å². The van der Waals surface area contributed by atoms with Crippen LogP contribution in [-0.2, 0) is 4.79 Å². The largest absolute Gasteiger partial charge is 0.321 e. The molecular formula is C21H16FN3OS. The first kappa shape index (κ1) is 18.5. The van der Waals surface area contributed by atoms with Gasteiger partial charge in [0.2, 0.25) is 0 Å². The molecule has 0 aliphatic heterocycles. The van der Waals surface area contributed by atoms with Crippen LogP contribution in [0.2, 0.25) is 0 Å². The molecule has 1 heterocycles. The highest BCUT2D eigenvalue weighted by Gasteiger charge is 2.12. The number of rotatable bonds is 4. The summed E-state index contributed by atoms with van der Waals surface area (Å²) in [7, 11) is 0. The molecule has 0 saturated carbocycles. The van der Waals surface area contributed by atoms with Crippen LogP contribution in [0.25, 0.3) is 16.6 Å². The van der Waals surface area contributed by atoms with Gasteiger partial charge in [0.1, 0.15) is 22.5 Å². The van der Waals surface area contributed by atoms with Crippen molar-refractivity contribution in [3.05, 3.63) is 76.1 Å². The zero-order valence-corrected chi connectivity index (χ0v) is 15.6. The first-order valence-corrected chi connectivity index (χ1v) is 9.06. The number of aromatic nitrogens is 1. The van der Waals surface area contributed by atoms with Gasteiger partial charge in [-0.25, -0.2) is 9.37 Å². The van der Waals surface area contributed by atoms with Crippen molar-refractivity contribution in [1.29, 1.82) is 5.26 Å². The number of nitrogens with one attached hydrogen (secondary N) is 1. The van der Waals surface area contributed by atoms with E-state index in [0.717, 1.165) is 16.7 Å². The average Bonchev–Trinajstić information content (AvgIpc) is 3.11. The van der Waals surface area contributed by atoms with Gasteiger partial charge in [-0.05, 0) is 55.8 Å². The Morgan fingerprint density at radius 1 is 1.22 bits per heavy atom. The van der Waals surface area contributed by atoms with Gasteiger partial charge < -0.3 is 5.32 Å². The third kappa shape index (κ3) is 4.46. The molecule has 3 rings (SSSR count). The number of anilines is 1. The fourth-order valence-corrected chi connectivity index (χ4v) is 3.30. The van der Waals surface area contributed by atoms with E-state index in [-0.39, 0.29) is 11.4 Å². The molecule has 134 valence electrons. The number of amides is 1. The lowest BCUT2D eigenvalue weighted by Gasteiger charge is -2.08. The highest BCUT2D eigenvalue weighted by molar-refractivity contribution is 7.13. The summed E-state index contributed by atoms with van der Waals surface area (Å²) in [6, 6.07) is 13.6. The van der Waals surface area contributed by atoms with E-state index in [1.54, 1.807) is 17.5 Å².